The van der Waals surface area contributed by atoms with Crippen LogP contribution in [-0.4, -0.2) is 17.4 Å². The molecule has 0 radical (unpaired) electrons. The summed E-state index contributed by atoms with van der Waals surface area (Å²) in [7, 11) is 0. The molecular weight excluding hydrogens is 180 g/mol. The Kier molecular flexibility index (Phi) is 2.79. The molecule has 3 nitrogen and oxygen atoms in total. The highest BCUT2D eigenvalue weighted by molar-refractivity contribution is 5.93. The lowest BCUT2D eigenvalue weighted by Gasteiger charge is -2.03. The highest BCUT2D eigenvalue weighted by atomic mass is 19.3. The highest BCUT2D eigenvalue weighted by Gasteiger charge is 2.14. The van der Waals surface area contributed by atoms with Gasteiger partial charge in [0.15, 0.2) is 0 Å². The van der Waals surface area contributed by atoms with Crippen LogP contribution in [-0.2, 0) is 4.79 Å². The summed E-state index contributed by atoms with van der Waals surface area (Å²) in [6.07, 6.45) is -3.03. The monoisotopic (exact) mass is 187 g/mol. The fraction of sp³-hybridized carbons (Fsp3) is 0.125. The van der Waals surface area contributed by atoms with Crippen LogP contribution >= 0.6 is 0 Å². The van der Waals surface area contributed by atoms with E-state index in [-0.39, 0.29) is 11.4 Å². The van der Waals surface area contributed by atoms with Gasteiger partial charge in [0, 0.05) is 5.69 Å². The molecule has 0 aliphatic heterocycles. The van der Waals surface area contributed by atoms with Gasteiger partial charge in [-0.1, -0.05) is 0 Å². The number of alkyl halides is 2. The lowest BCUT2D eigenvalue weighted by molar-refractivity contribution is -0.126. The van der Waals surface area contributed by atoms with Gasteiger partial charge in [0.25, 0.3) is 5.91 Å². The number of hydrogen-bond donors (Lipinski definition) is 2. The molecule has 0 saturated heterocycles. The van der Waals surface area contributed by atoms with Crippen molar-refractivity contribution in [2.24, 2.45) is 0 Å². The van der Waals surface area contributed by atoms with Crippen LogP contribution in [0.1, 0.15) is 0 Å². The molecule has 0 saturated carbocycles. The van der Waals surface area contributed by atoms with Gasteiger partial charge in [0.1, 0.15) is 5.75 Å². The summed E-state index contributed by atoms with van der Waals surface area (Å²) in [4.78, 5) is 10.5. The van der Waals surface area contributed by atoms with Gasteiger partial charge in [-0.05, 0) is 24.3 Å². The molecule has 1 amide bonds. The zero-order chi connectivity index (χ0) is 9.84. The number of halogens is 2. The quantitative estimate of drug-likeness (QED) is 0.691. The zero-order valence-corrected chi connectivity index (χ0v) is 6.50. The SMILES string of the molecule is O=C(Nc1ccc(O)cc1)C(F)F. The van der Waals surface area contributed by atoms with Crippen LogP contribution in [0.5, 0.6) is 5.75 Å². The Morgan fingerprint density at radius 1 is 1.31 bits per heavy atom. The second kappa shape index (κ2) is 3.84. The van der Waals surface area contributed by atoms with E-state index in [9.17, 15) is 13.6 Å². The molecule has 0 heterocycles. The Labute approximate surface area is 73.0 Å². The minimum Gasteiger partial charge on any atom is -0.508 e. The molecule has 0 bridgehead atoms. The first-order chi connectivity index (χ1) is 6.09. The minimum atomic E-state index is -3.03. The standard InChI is InChI=1S/C8H7F2NO2/c9-7(10)8(13)11-5-1-3-6(12)4-2-5/h1-4,7,12H,(H,11,13). The summed E-state index contributed by atoms with van der Waals surface area (Å²) in [6, 6.07) is 5.24. The number of aromatic hydroxyl groups is 1. The summed E-state index contributed by atoms with van der Waals surface area (Å²) in [6.45, 7) is 0. The fourth-order valence-electron chi connectivity index (χ4n) is 0.742. The largest absolute Gasteiger partial charge is 0.508 e. The lowest BCUT2D eigenvalue weighted by atomic mass is 10.3. The number of carbonyl (C=O) groups excluding carboxylic acids is 1. The van der Waals surface area contributed by atoms with E-state index < -0.39 is 12.3 Å². The molecular formula is C8H7F2NO2. The molecule has 0 atom stereocenters. The molecule has 0 aliphatic carbocycles. The predicted octanol–water partition coefficient (Wildman–Crippen LogP) is 1.60. The predicted molar refractivity (Wildman–Crippen MR) is 42.7 cm³/mol. The van der Waals surface area contributed by atoms with E-state index in [0.717, 1.165) is 0 Å². The Morgan fingerprint density at radius 2 is 1.85 bits per heavy atom. The Balaban J connectivity index is 2.65. The van der Waals surface area contributed by atoms with Gasteiger partial charge >= 0.3 is 6.43 Å². The van der Waals surface area contributed by atoms with Crippen molar-refractivity contribution in [3.8, 4) is 5.75 Å². The molecule has 13 heavy (non-hydrogen) atoms. The maximum atomic E-state index is 11.7. The van der Waals surface area contributed by atoms with Crippen LogP contribution in [0.25, 0.3) is 0 Å². The van der Waals surface area contributed by atoms with Crippen molar-refractivity contribution < 1.29 is 18.7 Å². The van der Waals surface area contributed by atoms with Crippen LogP contribution in [0.4, 0.5) is 14.5 Å². The van der Waals surface area contributed by atoms with Crippen molar-refractivity contribution in [1.29, 1.82) is 0 Å². The highest BCUT2D eigenvalue weighted by Crippen LogP contribution is 2.14. The number of anilines is 1. The van der Waals surface area contributed by atoms with E-state index in [2.05, 4.69) is 0 Å². The first kappa shape index (κ1) is 9.44. The van der Waals surface area contributed by atoms with Crippen molar-refractivity contribution >= 4 is 11.6 Å². The van der Waals surface area contributed by atoms with Gasteiger partial charge in [-0.15, -0.1) is 0 Å². The van der Waals surface area contributed by atoms with E-state index in [4.69, 9.17) is 5.11 Å². The van der Waals surface area contributed by atoms with Crippen LogP contribution in [0.3, 0.4) is 0 Å². The Bertz CT molecular complexity index is 298. The normalized spacial score (nSPS) is 10.1. The molecule has 0 spiro atoms. The van der Waals surface area contributed by atoms with Gasteiger partial charge in [0.2, 0.25) is 0 Å². The van der Waals surface area contributed by atoms with E-state index >= 15 is 0 Å². The summed E-state index contributed by atoms with van der Waals surface area (Å²) in [5, 5.41) is 10.8. The van der Waals surface area contributed by atoms with Gasteiger partial charge in [-0.2, -0.15) is 8.78 Å². The smallest absolute Gasteiger partial charge is 0.315 e. The lowest BCUT2D eigenvalue weighted by Crippen LogP contribution is -2.19. The molecule has 0 aliphatic rings. The topological polar surface area (TPSA) is 49.3 Å². The van der Waals surface area contributed by atoms with Gasteiger partial charge in [-0.3, -0.25) is 4.79 Å². The molecule has 0 fully saturated rings. The average molecular weight is 187 g/mol. The summed E-state index contributed by atoms with van der Waals surface area (Å²) < 4.78 is 23.5. The molecule has 70 valence electrons. The first-order valence-electron chi connectivity index (χ1n) is 3.47. The minimum absolute atomic E-state index is 0.00930. The van der Waals surface area contributed by atoms with E-state index in [1.807, 2.05) is 5.32 Å². The van der Waals surface area contributed by atoms with Crippen LogP contribution in [0, 0.1) is 0 Å². The zero-order valence-electron chi connectivity index (χ0n) is 6.50. The van der Waals surface area contributed by atoms with Crippen LogP contribution in [0.2, 0.25) is 0 Å². The van der Waals surface area contributed by atoms with Crippen molar-refractivity contribution in [3.05, 3.63) is 24.3 Å². The third kappa shape index (κ3) is 2.70. The molecule has 1 aromatic rings. The average Bonchev–Trinajstić information content (AvgIpc) is 2.08. The van der Waals surface area contributed by atoms with Crippen molar-refractivity contribution in [1.82, 2.24) is 0 Å². The van der Waals surface area contributed by atoms with Gasteiger partial charge in [-0.25, -0.2) is 0 Å². The Hall–Kier alpha value is -1.65. The van der Waals surface area contributed by atoms with E-state index in [1.165, 1.54) is 24.3 Å². The molecule has 2 N–H and O–H groups in total. The molecule has 0 aromatic heterocycles. The molecule has 5 heteroatoms. The van der Waals surface area contributed by atoms with Crippen molar-refractivity contribution in [2.45, 2.75) is 6.43 Å². The number of carbonyl (C=O) groups is 1. The van der Waals surface area contributed by atoms with Gasteiger partial charge in [0.05, 0.1) is 0 Å². The number of phenols is 1. The number of benzene rings is 1. The van der Waals surface area contributed by atoms with E-state index in [1.54, 1.807) is 0 Å². The van der Waals surface area contributed by atoms with Crippen LogP contribution in [0.15, 0.2) is 24.3 Å². The molecule has 1 aromatic carbocycles. The Morgan fingerprint density at radius 3 is 2.31 bits per heavy atom. The second-order valence-corrected chi connectivity index (χ2v) is 2.34. The number of nitrogens with one attached hydrogen (secondary N) is 1. The van der Waals surface area contributed by atoms with Crippen molar-refractivity contribution in [2.75, 3.05) is 5.32 Å². The number of phenolic OH excluding ortho intramolecular Hbond substituents is 1. The van der Waals surface area contributed by atoms with E-state index in [0.29, 0.717) is 0 Å². The summed E-state index contributed by atoms with van der Waals surface area (Å²) in [5.41, 5.74) is 0.225. The second-order valence-electron chi connectivity index (χ2n) is 2.34. The van der Waals surface area contributed by atoms with Crippen LogP contribution < -0.4 is 5.32 Å². The first-order valence-corrected chi connectivity index (χ1v) is 3.47. The molecule has 0 unspecified atom stereocenters. The fourth-order valence-corrected chi connectivity index (χ4v) is 0.742. The number of hydrogen-bond acceptors (Lipinski definition) is 2. The maximum absolute atomic E-state index is 11.7. The number of rotatable bonds is 2. The maximum Gasteiger partial charge on any atom is 0.315 e. The third-order valence-corrected chi connectivity index (χ3v) is 1.33. The van der Waals surface area contributed by atoms with Crippen molar-refractivity contribution in [3.63, 3.8) is 0 Å². The number of amides is 1. The summed E-state index contributed by atoms with van der Waals surface area (Å²) >= 11 is 0. The third-order valence-electron chi connectivity index (χ3n) is 1.33. The molecule has 1 rings (SSSR count). The van der Waals surface area contributed by atoms with Gasteiger partial charge < -0.3 is 10.4 Å². The summed E-state index contributed by atoms with van der Waals surface area (Å²) in [5.74, 6) is -1.35.